The molecule has 0 aromatic heterocycles. The van der Waals surface area contributed by atoms with Gasteiger partial charge in [0.2, 0.25) is 11.8 Å². The number of benzene rings is 2. The Bertz CT molecular complexity index is 1370. The van der Waals surface area contributed by atoms with Crippen LogP contribution in [-0.4, -0.2) is 59.8 Å². The Kier molecular flexibility index (Phi) is 4.19. The van der Waals surface area contributed by atoms with Gasteiger partial charge in [-0.05, 0) is 29.6 Å². The number of fused-ring (bicyclic) bond motifs is 1. The van der Waals surface area contributed by atoms with Crippen molar-refractivity contribution in [3.63, 3.8) is 0 Å². The number of rotatable bonds is 6. The van der Waals surface area contributed by atoms with Crippen molar-refractivity contribution in [1.29, 1.82) is 0 Å². The third kappa shape index (κ3) is 4.62. The summed E-state index contributed by atoms with van der Waals surface area (Å²) in [5, 5.41) is 4.70. The highest BCUT2D eigenvalue weighted by atomic mass is 16.5. The first-order valence-corrected chi connectivity index (χ1v) is 10.7. The van der Waals surface area contributed by atoms with Crippen molar-refractivity contribution in [3.8, 4) is 0 Å². The van der Waals surface area contributed by atoms with Crippen LogP contribution in [0.1, 0.15) is 49.4 Å². The summed E-state index contributed by atoms with van der Waals surface area (Å²) in [5.74, 6) is -4.40. The SMILES string of the molecule is [2H]C1([2H])c2c(NCc3ccc(CN4CCOCC4)cc3)cccc2C(=O)N1C1([2H])C(=O)NC(=O)C([2H])([2H])C1([2H])[2H]. The fraction of sp³-hybridized carbons (Fsp3) is 0.400. The summed E-state index contributed by atoms with van der Waals surface area (Å²) in [5.41, 5.74) is 1.77. The second-order valence-electron chi connectivity index (χ2n) is 7.92. The minimum atomic E-state index is -3.58. The van der Waals surface area contributed by atoms with Crippen LogP contribution in [0.2, 0.25) is 0 Å². The van der Waals surface area contributed by atoms with Gasteiger partial charge in [0, 0.05) is 61.3 Å². The molecular weight excluding hydrogens is 420 g/mol. The molecule has 0 radical (unpaired) electrons. The van der Waals surface area contributed by atoms with E-state index in [1.807, 2.05) is 24.3 Å². The molecule has 8 nitrogen and oxygen atoms in total. The topological polar surface area (TPSA) is 91.0 Å². The summed E-state index contributed by atoms with van der Waals surface area (Å²) >= 11 is 0. The van der Waals surface area contributed by atoms with Gasteiger partial charge in [0.05, 0.1) is 17.3 Å². The molecule has 8 heteroatoms. The maximum atomic E-state index is 13.4. The molecule has 1 unspecified atom stereocenters. The number of morpholine rings is 1. The van der Waals surface area contributed by atoms with E-state index in [9.17, 15) is 14.4 Å². The van der Waals surface area contributed by atoms with Crippen LogP contribution in [0.5, 0.6) is 0 Å². The van der Waals surface area contributed by atoms with Crippen LogP contribution in [0.3, 0.4) is 0 Å². The third-order valence-electron chi connectivity index (χ3n) is 5.70. The second-order valence-corrected chi connectivity index (χ2v) is 7.92. The van der Waals surface area contributed by atoms with E-state index in [1.165, 1.54) is 18.2 Å². The summed E-state index contributed by atoms with van der Waals surface area (Å²) in [6.07, 6.45) is -6.98. The maximum absolute atomic E-state index is 13.4. The number of ether oxygens (including phenoxy) is 1. The molecule has 3 aliphatic rings. The Hall–Kier alpha value is -3.23. The van der Waals surface area contributed by atoms with Crippen LogP contribution in [0, 0.1) is 0 Å². The second kappa shape index (κ2) is 9.33. The zero-order valence-electron chi connectivity index (χ0n) is 24.8. The highest BCUT2D eigenvalue weighted by molar-refractivity contribution is 6.06. The van der Waals surface area contributed by atoms with E-state index in [0.717, 1.165) is 30.8 Å². The predicted molar refractivity (Wildman–Crippen MR) is 122 cm³/mol. The van der Waals surface area contributed by atoms with Gasteiger partial charge in [-0.1, -0.05) is 30.3 Å². The number of nitrogens with one attached hydrogen (secondary N) is 2. The van der Waals surface area contributed by atoms with E-state index >= 15 is 0 Å². The van der Waals surface area contributed by atoms with Gasteiger partial charge < -0.3 is 15.0 Å². The van der Waals surface area contributed by atoms with Gasteiger partial charge in [-0.15, -0.1) is 0 Å². The van der Waals surface area contributed by atoms with Crippen molar-refractivity contribution < 1.29 is 28.7 Å². The molecular formula is C25H28N4O4. The number of hydrogen-bond donors (Lipinski definition) is 2. The van der Waals surface area contributed by atoms with E-state index < -0.39 is 43.0 Å². The lowest BCUT2D eigenvalue weighted by molar-refractivity contribution is -0.136. The normalized spacial score (nSPS) is 31.1. The molecule has 0 spiro atoms. The average molecular weight is 456 g/mol. The number of anilines is 1. The van der Waals surface area contributed by atoms with Crippen molar-refractivity contribution in [2.24, 2.45) is 0 Å². The molecule has 3 aliphatic heterocycles. The van der Waals surface area contributed by atoms with E-state index in [-0.39, 0.29) is 28.3 Å². The molecule has 33 heavy (non-hydrogen) atoms. The Morgan fingerprint density at radius 3 is 2.64 bits per heavy atom. The summed E-state index contributed by atoms with van der Waals surface area (Å²) in [6, 6.07) is 8.71. The van der Waals surface area contributed by atoms with Gasteiger partial charge in [-0.3, -0.25) is 24.6 Å². The first kappa shape index (κ1) is 14.8. The smallest absolute Gasteiger partial charge is 0.255 e. The number of imide groups is 1. The number of hydrogen-bond acceptors (Lipinski definition) is 6. The lowest BCUT2D eigenvalue weighted by Gasteiger charge is -2.29. The van der Waals surface area contributed by atoms with Crippen LogP contribution >= 0.6 is 0 Å². The zero-order chi connectivity index (χ0) is 29.1. The lowest BCUT2D eigenvalue weighted by atomic mass is 10.0. The van der Waals surface area contributed by atoms with Crippen molar-refractivity contribution in [2.75, 3.05) is 31.6 Å². The molecule has 5 rings (SSSR count). The lowest BCUT2D eigenvalue weighted by Crippen LogP contribution is -2.52. The summed E-state index contributed by atoms with van der Waals surface area (Å²) in [6.45, 7) is 1.29. The molecule has 1 atom stereocenters. The molecule has 3 heterocycles. The van der Waals surface area contributed by atoms with Crippen LogP contribution in [-0.2, 0) is 33.9 Å². The third-order valence-corrected chi connectivity index (χ3v) is 5.70. The number of carbonyl (C=O) groups excluding carboxylic acids is 3. The molecule has 2 aromatic carbocycles. The van der Waals surface area contributed by atoms with E-state index in [2.05, 4.69) is 10.2 Å². The molecule has 2 aromatic rings. The number of amides is 3. The Balaban J connectivity index is 1.41. The Labute approximate surface area is 202 Å². The van der Waals surface area contributed by atoms with Gasteiger partial charge in [0.15, 0.2) is 0 Å². The van der Waals surface area contributed by atoms with E-state index in [0.29, 0.717) is 13.2 Å². The van der Waals surface area contributed by atoms with Crippen LogP contribution in [0.15, 0.2) is 42.5 Å². The van der Waals surface area contributed by atoms with Crippen molar-refractivity contribution >= 4 is 23.4 Å². The predicted octanol–water partition coefficient (Wildman–Crippen LogP) is 1.89. The van der Waals surface area contributed by atoms with Crippen LogP contribution in [0.4, 0.5) is 5.69 Å². The van der Waals surface area contributed by atoms with Crippen molar-refractivity contribution in [2.45, 2.75) is 38.4 Å². The summed E-state index contributed by atoms with van der Waals surface area (Å²) in [4.78, 5) is 40.7. The highest BCUT2D eigenvalue weighted by Crippen LogP contribution is 2.32. The maximum Gasteiger partial charge on any atom is 0.255 e. The van der Waals surface area contributed by atoms with E-state index in [4.69, 9.17) is 14.3 Å². The summed E-state index contributed by atoms with van der Waals surface area (Å²) < 4.78 is 64.0. The molecule has 2 N–H and O–H groups in total. The minimum Gasteiger partial charge on any atom is -0.381 e. The number of carbonyl (C=O) groups is 3. The van der Waals surface area contributed by atoms with Gasteiger partial charge in [0.1, 0.15) is 6.02 Å². The van der Waals surface area contributed by atoms with Gasteiger partial charge in [0.25, 0.3) is 5.91 Å². The van der Waals surface area contributed by atoms with Gasteiger partial charge >= 0.3 is 0 Å². The molecule has 2 saturated heterocycles. The number of nitrogens with zero attached hydrogens (tertiary/aromatic N) is 2. The molecule has 3 amide bonds. The zero-order valence-corrected chi connectivity index (χ0v) is 17.8. The fourth-order valence-corrected chi connectivity index (χ4v) is 3.94. The Morgan fingerprint density at radius 2 is 1.85 bits per heavy atom. The van der Waals surface area contributed by atoms with Crippen LogP contribution in [0.25, 0.3) is 0 Å². The average Bonchev–Trinajstić information content (AvgIpc) is 3.12. The minimum absolute atomic E-state index is 0.0931. The number of piperidine rings is 1. The van der Waals surface area contributed by atoms with Gasteiger partial charge in [-0.25, -0.2) is 0 Å². The van der Waals surface area contributed by atoms with Gasteiger partial charge in [-0.2, -0.15) is 0 Å². The first-order valence-electron chi connectivity index (χ1n) is 14.2. The van der Waals surface area contributed by atoms with E-state index in [1.54, 1.807) is 5.32 Å². The molecule has 0 aliphatic carbocycles. The molecule has 0 saturated carbocycles. The summed E-state index contributed by atoms with van der Waals surface area (Å²) in [7, 11) is 0. The standard InChI is InChI=1S/C25H28N4O4/c30-23-9-8-22(24(31)27-23)29-16-20-19(25(29)32)2-1-3-21(20)26-14-17-4-6-18(7-5-17)15-28-10-12-33-13-11-28/h1-7,22,26H,8-16H2,(H,27,30,31)/i8D2,9D2,16D2,22D. The molecule has 172 valence electrons. The molecule has 2 fully saturated rings. The highest BCUT2D eigenvalue weighted by Gasteiger charge is 2.39. The van der Waals surface area contributed by atoms with Crippen molar-refractivity contribution in [1.82, 2.24) is 15.1 Å². The largest absolute Gasteiger partial charge is 0.381 e. The van der Waals surface area contributed by atoms with Crippen LogP contribution < -0.4 is 10.6 Å². The fourth-order valence-electron chi connectivity index (χ4n) is 3.94. The first-order chi connectivity index (χ1) is 18.7. The van der Waals surface area contributed by atoms with Crippen molar-refractivity contribution in [3.05, 3.63) is 64.7 Å². The monoisotopic (exact) mass is 455 g/mol. The molecule has 0 bridgehead atoms. The Morgan fingerprint density at radius 1 is 1.09 bits per heavy atom. The quantitative estimate of drug-likeness (QED) is 0.647.